The highest BCUT2D eigenvalue weighted by Gasteiger charge is 2.21. The Bertz CT molecular complexity index is 441. The zero-order valence-corrected chi connectivity index (χ0v) is 13.7. The summed E-state index contributed by atoms with van der Waals surface area (Å²) in [6.07, 6.45) is 4.48. The molecule has 0 radical (unpaired) electrons. The predicted octanol–water partition coefficient (Wildman–Crippen LogP) is 4.53. The Morgan fingerprint density at radius 2 is 1.90 bits per heavy atom. The van der Waals surface area contributed by atoms with Gasteiger partial charge in [0, 0.05) is 34.0 Å². The van der Waals surface area contributed by atoms with Crippen molar-refractivity contribution in [2.45, 2.75) is 31.4 Å². The van der Waals surface area contributed by atoms with Gasteiger partial charge in [0.2, 0.25) is 5.91 Å². The van der Waals surface area contributed by atoms with Crippen LogP contribution < -0.4 is 5.32 Å². The molecule has 2 nitrogen and oxygen atoms in total. The lowest BCUT2D eigenvalue weighted by molar-refractivity contribution is -0.124. The lowest BCUT2D eigenvalue weighted by Gasteiger charge is -2.10. The number of thioether (sulfide) groups is 1. The van der Waals surface area contributed by atoms with Gasteiger partial charge in [0.15, 0.2) is 0 Å². The van der Waals surface area contributed by atoms with Crippen LogP contribution in [0, 0.1) is 5.92 Å². The number of carbonyl (C=O) groups is 1. The monoisotopic (exact) mass is 331 g/mol. The number of rotatable bonds is 6. The second-order valence-electron chi connectivity index (χ2n) is 5.03. The third kappa shape index (κ3) is 4.57. The number of halogens is 2. The first-order valence-electron chi connectivity index (χ1n) is 6.97. The molecule has 0 aliphatic heterocycles. The Kier molecular flexibility index (Phi) is 6.53. The summed E-state index contributed by atoms with van der Waals surface area (Å²) in [7, 11) is 0. The number of hydrogen-bond acceptors (Lipinski definition) is 2. The molecule has 1 amide bonds. The van der Waals surface area contributed by atoms with Crippen LogP contribution in [0.3, 0.4) is 0 Å². The minimum absolute atomic E-state index is 0.221. The Morgan fingerprint density at radius 3 is 2.55 bits per heavy atom. The Morgan fingerprint density at radius 1 is 1.25 bits per heavy atom. The molecule has 0 unspecified atom stereocenters. The van der Waals surface area contributed by atoms with Crippen LogP contribution in [0.1, 0.15) is 31.2 Å². The highest BCUT2D eigenvalue weighted by atomic mass is 35.5. The maximum atomic E-state index is 11.8. The maximum Gasteiger partial charge on any atom is 0.223 e. The smallest absolute Gasteiger partial charge is 0.223 e. The first kappa shape index (κ1) is 16.0. The topological polar surface area (TPSA) is 29.1 Å². The molecular weight excluding hydrogens is 313 g/mol. The maximum absolute atomic E-state index is 11.8. The van der Waals surface area contributed by atoms with Crippen molar-refractivity contribution in [1.29, 1.82) is 0 Å². The van der Waals surface area contributed by atoms with Gasteiger partial charge >= 0.3 is 0 Å². The summed E-state index contributed by atoms with van der Waals surface area (Å²) in [5.74, 6) is 2.12. The van der Waals surface area contributed by atoms with Gasteiger partial charge in [0.1, 0.15) is 0 Å². The van der Waals surface area contributed by atoms with Crippen LogP contribution in [0.4, 0.5) is 0 Å². The van der Waals surface area contributed by atoms with Crippen LogP contribution in [0.25, 0.3) is 0 Å². The van der Waals surface area contributed by atoms with Crippen LogP contribution in [-0.2, 0) is 10.5 Å². The molecule has 0 aromatic heterocycles. The van der Waals surface area contributed by atoms with E-state index in [0.717, 1.165) is 29.9 Å². The summed E-state index contributed by atoms with van der Waals surface area (Å²) in [6, 6.07) is 5.55. The molecule has 1 aromatic carbocycles. The van der Waals surface area contributed by atoms with E-state index in [1.54, 1.807) is 11.8 Å². The normalized spacial score (nSPS) is 15.5. The van der Waals surface area contributed by atoms with Crippen molar-refractivity contribution in [3.05, 3.63) is 33.8 Å². The molecule has 1 aromatic rings. The fourth-order valence-corrected chi connectivity index (χ4v) is 4.02. The lowest BCUT2D eigenvalue weighted by Crippen LogP contribution is -2.31. The van der Waals surface area contributed by atoms with Crippen LogP contribution in [-0.4, -0.2) is 18.2 Å². The van der Waals surface area contributed by atoms with E-state index in [9.17, 15) is 4.79 Å². The van der Waals surface area contributed by atoms with E-state index < -0.39 is 0 Å². The van der Waals surface area contributed by atoms with Crippen LogP contribution in [0.5, 0.6) is 0 Å². The SMILES string of the molecule is O=C(NCCSCc1c(Cl)cccc1Cl)C1CCCC1. The largest absolute Gasteiger partial charge is 0.355 e. The van der Waals surface area contributed by atoms with E-state index in [-0.39, 0.29) is 11.8 Å². The van der Waals surface area contributed by atoms with Crippen LogP contribution in [0.2, 0.25) is 10.0 Å². The molecule has 5 heteroatoms. The van der Waals surface area contributed by atoms with Gasteiger partial charge in [-0.25, -0.2) is 0 Å². The number of hydrogen-bond donors (Lipinski definition) is 1. The van der Waals surface area contributed by atoms with Crippen molar-refractivity contribution in [2.24, 2.45) is 5.92 Å². The van der Waals surface area contributed by atoms with Gasteiger partial charge in [0.05, 0.1) is 0 Å². The molecule has 1 fully saturated rings. The quantitative estimate of drug-likeness (QED) is 0.775. The van der Waals surface area contributed by atoms with Crippen molar-refractivity contribution in [3.63, 3.8) is 0 Å². The summed E-state index contributed by atoms with van der Waals surface area (Å²) in [4.78, 5) is 11.8. The highest BCUT2D eigenvalue weighted by Crippen LogP contribution is 2.28. The zero-order chi connectivity index (χ0) is 14.4. The number of amides is 1. The molecule has 1 saturated carbocycles. The lowest BCUT2D eigenvalue weighted by atomic mass is 10.1. The van der Waals surface area contributed by atoms with E-state index in [0.29, 0.717) is 16.6 Å². The van der Waals surface area contributed by atoms with Crippen LogP contribution >= 0.6 is 35.0 Å². The minimum atomic E-state index is 0.221. The molecule has 0 spiro atoms. The Labute approximate surface area is 134 Å². The summed E-state index contributed by atoms with van der Waals surface area (Å²) >= 11 is 14.0. The van der Waals surface area contributed by atoms with Crippen molar-refractivity contribution < 1.29 is 4.79 Å². The molecular formula is C15H19Cl2NOS. The van der Waals surface area contributed by atoms with E-state index in [1.807, 2.05) is 18.2 Å². The predicted molar refractivity (Wildman–Crippen MR) is 87.6 cm³/mol. The summed E-state index contributed by atoms with van der Waals surface area (Å²) in [5, 5.41) is 4.43. The van der Waals surface area contributed by atoms with E-state index in [1.165, 1.54) is 12.8 Å². The number of nitrogens with one attached hydrogen (secondary N) is 1. The molecule has 0 saturated heterocycles. The fraction of sp³-hybridized carbons (Fsp3) is 0.533. The average Bonchev–Trinajstić information content (AvgIpc) is 2.95. The van der Waals surface area contributed by atoms with Gasteiger partial charge in [-0.3, -0.25) is 4.79 Å². The minimum Gasteiger partial charge on any atom is -0.355 e. The summed E-state index contributed by atoms with van der Waals surface area (Å²) in [5.41, 5.74) is 0.975. The molecule has 2 rings (SSSR count). The summed E-state index contributed by atoms with van der Waals surface area (Å²) < 4.78 is 0. The number of benzene rings is 1. The van der Waals surface area contributed by atoms with Gasteiger partial charge in [0.25, 0.3) is 0 Å². The third-order valence-corrected chi connectivity index (χ3v) is 5.27. The van der Waals surface area contributed by atoms with Gasteiger partial charge in [-0.2, -0.15) is 11.8 Å². The standard InChI is InChI=1S/C15H19Cl2NOS/c16-13-6-3-7-14(17)12(13)10-20-9-8-18-15(19)11-4-1-2-5-11/h3,6-7,11H,1-2,4-5,8-10H2,(H,18,19). The molecule has 0 atom stereocenters. The highest BCUT2D eigenvalue weighted by molar-refractivity contribution is 7.98. The zero-order valence-electron chi connectivity index (χ0n) is 11.3. The Hall–Kier alpha value is -0.380. The molecule has 110 valence electrons. The fourth-order valence-electron chi connectivity index (χ4n) is 2.42. The van der Waals surface area contributed by atoms with Gasteiger partial charge < -0.3 is 5.32 Å². The van der Waals surface area contributed by atoms with Gasteiger partial charge in [-0.05, 0) is 30.5 Å². The molecule has 20 heavy (non-hydrogen) atoms. The van der Waals surface area contributed by atoms with Crippen molar-refractivity contribution in [3.8, 4) is 0 Å². The van der Waals surface area contributed by atoms with Gasteiger partial charge in [-0.15, -0.1) is 0 Å². The molecule has 1 aliphatic carbocycles. The molecule has 0 heterocycles. The van der Waals surface area contributed by atoms with E-state index in [4.69, 9.17) is 23.2 Å². The van der Waals surface area contributed by atoms with Crippen LogP contribution in [0.15, 0.2) is 18.2 Å². The number of carbonyl (C=O) groups excluding carboxylic acids is 1. The molecule has 1 N–H and O–H groups in total. The third-order valence-electron chi connectivity index (χ3n) is 3.58. The molecule has 0 bridgehead atoms. The molecule has 1 aliphatic rings. The Balaban J connectivity index is 1.65. The second-order valence-corrected chi connectivity index (χ2v) is 6.94. The first-order valence-corrected chi connectivity index (χ1v) is 8.88. The first-order chi connectivity index (χ1) is 9.68. The van der Waals surface area contributed by atoms with E-state index >= 15 is 0 Å². The van der Waals surface area contributed by atoms with Crippen molar-refractivity contribution in [2.75, 3.05) is 12.3 Å². The summed E-state index contributed by atoms with van der Waals surface area (Å²) in [6.45, 7) is 0.710. The van der Waals surface area contributed by atoms with E-state index in [2.05, 4.69) is 5.32 Å². The second kappa shape index (κ2) is 8.16. The van der Waals surface area contributed by atoms with Crippen molar-refractivity contribution in [1.82, 2.24) is 5.32 Å². The van der Waals surface area contributed by atoms with Gasteiger partial charge in [-0.1, -0.05) is 42.1 Å². The van der Waals surface area contributed by atoms with Crippen molar-refractivity contribution >= 4 is 40.9 Å². The average molecular weight is 332 g/mol.